The molecular formula is C25H35N5O4S. The van der Waals surface area contributed by atoms with E-state index in [1.54, 1.807) is 18.7 Å². The van der Waals surface area contributed by atoms with Crippen molar-refractivity contribution < 1.29 is 18.0 Å². The summed E-state index contributed by atoms with van der Waals surface area (Å²) in [5.41, 5.74) is 3.66. The van der Waals surface area contributed by atoms with Crippen LogP contribution in [0.1, 0.15) is 48.2 Å². The zero-order chi connectivity index (χ0) is 25.3. The lowest BCUT2D eigenvalue weighted by Crippen LogP contribution is -2.44. The van der Waals surface area contributed by atoms with Gasteiger partial charge in [0.25, 0.3) is 0 Å². The van der Waals surface area contributed by atoms with E-state index in [9.17, 15) is 18.0 Å². The first kappa shape index (κ1) is 25.4. The van der Waals surface area contributed by atoms with Crippen LogP contribution in [0.5, 0.6) is 0 Å². The minimum Gasteiger partial charge on any atom is -0.341 e. The van der Waals surface area contributed by atoms with E-state index in [0.29, 0.717) is 30.8 Å². The molecule has 1 aromatic heterocycles. The number of aromatic nitrogens is 2. The molecule has 2 aliphatic heterocycles. The van der Waals surface area contributed by atoms with E-state index in [2.05, 4.69) is 10.4 Å². The number of sulfonamides is 1. The third kappa shape index (κ3) is 5.43. The summed E-state index contributed by atoms with van der Waals surface area (Å²) in [7, 11) is -3.86. The van der Waals surface area contributed by atoms with E-state index in [1.165, 1.54) is 8.99 Å². The van der Waals surface area contributed by atoms with Crippen molar-refractivity contribution in [3.05, 3.63) is 40.7 Å². The number of rotatable bonds is 6. The fourth-order valence-corrected chi connectivity index (χ4v) is 7.09. The van der Waals surface area contributed by atoms with Crippen molar-refractivity contribution in [2.75, 3.05) is 31.5 Å². The number of hydrogen-bond donors (Lipinski definition) is 1. The summed E-state index contributed by atoms with van der Waals surface area (Å²) in [5, 5.41) is 7.35. The number of carbonyl (C=O) groups excluding carboxylic acids is 2. The second-order valence-electron chi connectivity index (χ2n) is 9.81. The molecule has 0 bridgehead atoms. The number of piperidine rings is 1. The Balaban J connectivity index is 1.49. The van der Waals surface area contributed by atoms with Crippen LogP contribution in [0.4, 0.5) is 5.69 Å². The number of amides is 2. The summed E-state index contributed by atoms with van der Waals surface area (Å²) in [6.45, 7) is 9.28. The van der Waals surface area contributed by atoms with Crippen molar-refractivity contribution >= 4 is 27.5 Å². The van der Waals surface area contributed by atoms with Gasteiger partial charge in [0.1, 0.15) is 11.4 Å². The van der Waals surface area contributed by atoms with Crippen molar-refractivity contribution in [1.82, 2.24) is 19.0 Å². The maximum absolute atomic E-state index is 13.6. The number of nitrogens with one attached hydrogen (secondary N) is 1. The molecule has 0 aliphatic carbocycles. The van der Waals surface area contributed by atoms with Gasteiger partial charge in [-0.2, -0.15) is 9.40 Å². The highest BCUT2D eigenvalue weighted by Gasteiger charge is 2.36. The molecule has 2 fully saturated rings. The number of hydrogen-bond acceptors (Lipinski definition) is 5. The van der Waals surface area contributed by atoms with Gasteiger partial charge in [0, 0.05) is 31.9 Å². The van der Waals surface area contributed by atoms with E-state index in [-0.39, 0.29) is 29.8 Å². The highest BCUT2D eigenvalue weighted by atomic mass is 32.2. The lowest BCUT2D eigenvalue weighted by Gasteiger charge is -2.31. The van der Waals surface area contributed by atoms with Gasteiger partial charge in [0.2, 0.25) is 21.8 Å². The van der Waals surface area contributed by atoms with Crippen LogP contribution in [-0.2, 0) is 26.2 Å². The van der Waals surface area contributed by atoms with Gasteiger partial charge in [0.05, 0.1) is 17.3 Å². The van der Waals surface area contributed by atoms with Gasteiger partial charge in [0.15, 0.2) is 0 Å². The second kappa shape index (κ2) is 10.1. The van der Waals surface area contributed by atoms with Gasteiger partial charge in [-0.05, 0) is 76.6 Å². The Morgan fingerprint density at radius 3 is 2.31 bits per heavy atom. The van der Waals surface area contributed by atoms with Crippen molar-refractivity contribution in [3.63, 3.8) is 0 Å². The van der Waals surface area contributed by atoms with Crippen LogP contribution in [-0.4, -0.2) is 65.4 Å². The number of anilines is 1. The number of nitrogens with zero attached hydrogens (tertiary/aromatic N) is 4. The molecule has 9 nitrogen and oxygen atoms in total. The highest BCUT2D eigenvalue weighted by molar-refractivity contribution is 7.89. The van der Waals surface area contributed by atoms with Crippen molar-refractivity contribution in [1.29, 1.82) is 0 Å². The molecule has 0 saturated carbocycles. The predicted octanol–water partition coefficient (Wildman–Crippen LogP) is 2.78. The maximum Gasteiger partial charge on any atom is 0.246 e. The summed E-state index contributed by atoms with van der Waals surface area (Å²) in [5.74, 6) is -0.653. The van der Waals surface area contributed by atoms with Gasteiger partial charge < -0.3 is 10.2 Å². The van der Waals surface area contributed by atoms with Gasteiger partial charge in [-0.25, -0.2) is 8.42 Å². The van der Waals surface area contributed by atoms with E-state index >= 15 is 0 Å². The van der Waals surface area contributed by atoms with Crippen LogP contribution >= 0.6 is 0 Å². The van der Waals surface area contributed by atoms with Crippen LogP contribution in [0.2, 0.25) is 0 Å². The molecule has 0 radical (unpaired) electrons. The standard InChI is InChI=1S/C25H35N5O4S/c1-17-12-18(2)14-22(13-17)26-25(32)21-8-7-11-29(15-21)35(33,34)24-19(3)27-30(20(24)4)16-23(31)28-9-5-6-10-28/h12-14,21H,5-11,15-16H2,1-4H3,(H,26,32). The van der Waals surface area contributed by atoms with Gasteiger partial charge in [-0.3, -0.25) is 14.3 Å². The molecule has 35 heavy (non-hydrogen) atoms. The van der Waals surface area contributed by atoms with Crippen molar-refractivity contribution in [3.8, 4) is 0 Å². The average molecular weight is 502 g/mol. The highest BCUT2D eigenvalue weighted by Crippen LogP contribution is 2.29. The first-order valence-electron chi connectivity index (χ1n) is 12.3. The predicted molar refractivity (Wildman–Crippen MR) is 134 cm³/mol. The van der Waals surface area contributed by atoms with Crippen LogP contribution in [0.15, 0.2) is 23.1 Å². The molecule has 2 aliphatic rings. The van der Waals surface area contributed by atoms with E-state index in [4.69, 9.17) is 0 Å². The number of aryl methyl sites for hydroxylation is 3. The largest absolute Gasteiger partial charge is 0.341 e. The zero-order valence-corrected chi connectivity index (χ0v) is 21.8. The Morgan fingerprint density at radius 1 is 1.00 bits per heavy atom. The van der Waals surface area contributed by atoms with E-state index < -0.39 is 15.9 Å². The van der Waals surface area contributed by atoms with Gasteiger partial charge >= 0.3 is 0 Å². The Bertz CT molecular complexity index is 1210. The lowest BCUT2D eigenvalue weighted by atomic mass is 9.98. The Labute approximate surface area is 207 Å². The number of likely N-dealkylation sites (tertiary alicyclic amines) is 1. The van der Waals surface area contributed by atoms with Crippen LogP contribution in [0.3, 0.4) is 0 Å². The van der Waals surface area contributed by atoms with E-state index in [0.717, 1.165) is 42.7 Å². The van der Waals surface area contributed by atoms with Crippen molar-refractivity contribution in [2.24, 2.45) is 5.92 Å². The maximum atomic E-state index is 13.6. The SMILES string of the molecule is Cc1cc(C)cc(NC(=O)C2CCCN(S(=O)(=O)c3c(C)nn(CC(=O)N4CCCC4)c3C)C2)c1. The van der Waals surface area contributed by atoms with Gasteiger partial charge in [-0.1, -0.05) is 6.07 Å². The normalized spacial score (nSPS) is 19.2. The molecule has 190 valence electrons. The summed E-state index contributed by atoms with van der Waals surface area (Å²) in [6, 6.07) is 5.85. The van der Waals surface area contributed by atoms with E-state index in [1.807, 2.05) is 32.0 Å². The summed E-state index contributed by atoms with van der Waals surface area (Å²) < 4.78 is 30.2. The average Bonchev–Trinajstić information content (AvgIpc) is 3.42. The van der Waals surface area contributed by atoms with Crippen LogP contribution in [0, 0.1) is 33.6 Å². The first-order chi connectivity index (χ1) is 16.6. The fourth-order valence-electron chi connectivity index (χ4n) is 5.20. The van der Waals surface area contributed by atoms with Crippen LogP contribution < -0.4 is 5.32 Å². The smallest absolute Gasteiger partial charge is 0.246 e. The Morgan fingerprint density at radius 2 is 1.66 bits per heavy atom. The summed E-state index contributed by atoms with van der Waals surface area (Å²) in [4.78, 5) is 27.5. The van der Waals surface area contributed by atoms with Gasteiger partial charge in [-0.15, -0.1) is 0 Å². The fraction of sp³-hybridized carbons (Fsp3) is 0.560. The molecule has 3 heterocycles. The minimum absolute atomic E-state index is 0.0309. The molecule has 2 saturated heterocycles. The quantitative estimate of drug-likeness (QED) is 0.655. The molecule has 4 rings (SSSR count). The topological polar surface area (TPSA) is 105 Å². The molecule has 1 unspecified atom stereocenters. The second-order valence-corrected chi connectivity index (χ2v) is 11.7. The molecule has 2 aromatic rings. The molecule has 10 heteroatoms. The number of carbonyl (C=O) groups is 2. The summed E-state index contributed by atoms with van der Waals surface area (Å²) >= 11 is 0. The third-order valence-electron chi connectivity index (χ3n) is 6.90. The number of benzene rings is 1. The third-order valence-corrected chi connectivity index (χ3v) is 9.02. The molecular weight excluding hydrogens is 466 g/mol. The first-order valence-corrected chi connectivity index (χ1v) is 13.7. The minimum atomic E-state index is -3.86. The zero-order valence-electron chi connectivity index (χ0n) is 21.0. The molecule has 1 N–H and O–H groups in total. The Kier molecular flexibility index (Phi) is 7.32. The monoisotopic (exact) mass is 501 g/mol. The lowest BCUT2D eigenvalue weighted by molar-refractivity contribution is -0.131. The molecule has 0 spiro atoms. The summed E-state index contributed by atoms with van der Waals surface area (Å²) in [6.07, 6.45) is 3.22. The molecule has 1 aromatic carbocycles. The van der Waals surface area contributed by atoms with Crippen molar-refractivity contribution in [2.45, 2.75) is 64.8 Å². The Hall–Kier alpha value is -2.72. The molecule has 2 amide bonds. The molecule has 1 atom stereocenters. The van der Waals surface area contributed by atoms with Crippen LogP contribution in [0.25, 0.3) is 0 Å².